The van der Waals surface area contributed by atoms with Crippen molar-refractivity contribution in [2.75, 3.05) is 26.2 Å². The molecule has 2 rings (SSSR count). The lowest BCUT2D eigenvalue weighted by molar-refractivity contribution is -0.120. The van der Waals surface area contributed by atoms with Gasteiger partial charge >= 0.3 is 0 Å². The molecule has 19 heavy (non-hydrogen) atoms. The second kappa shape index (κ2) is 5.97. The van der Waals surface area contributed by atoms with Crippen LogP contribution in [0.15, 0.2) is 18.2 Å². The number of carbonyl (C=O) groups is 2. The first-order valence-electron chi connectivity index (χ1n) is 6.66. The molecule has 0 aromatic heterocycles. The Kier molecular flexibility index (Phi) is 4.32. The minimum atomic E-state index is 0.0705. The van der Waals surface area contributed by atoms with E-state index in [0.717, 1.165) is 17.7 Å². The van der Waals surface area contributed by atoms with Crippen LogP contribution < -0.4 is 5.32 Å². The molecule has 1 aromatic rings. The van der Waals surface area contributed by atoms with Crippen molar-refractivity contribution >= 4 is 11.7 Å². The standard InChI is InChI=1S/C15H20N2O2/c1-11-3-4-13(9-12(11)2)14(18)10-17-7-5-15(19)16-6-8-17/h3-4,9H,5-8,10H2,1-2H3,(H,16,19). The maximum atomic E-state index is 12.2. The van der Waals surface area contributed by atoms with Gasteiger partial charge in [0.25, 0.3) is 0 Å². The highest BCUT2D eigenvalue weighted by molar-refractivity contribution is 5.97. The van der Waals surface area contributed by atoms with E-state index in [9.17, 15) is 9.59 Å². The first-order valence-corrected chi connectivity index (χ1v) is 6.66. The van der Waals surface area contributed by atoms with Crippen molar-refractivity contribution in [1.82, 2.24) is 10.2 Å². The van der Waals surface area contributed by atoms with Gasteiger partial charge in [0.05, 0.1) is 6.54 Å². The maximum absolute atomic E-state index is 12.2. The van der Waals surface area contributed by atoms with Crippen molar-refractivity contribution < 1.29 is 9.59 Å². The van der Waals surface area contributed by atoms with Gasteiger partial charge in [-0.3, -0.25) is 14.5 Å². The molecule has 102 valence electrons. The highest BCUT2D eigenvalue weighted by atomic mass is 16.1. The Morgan fingerprint density at radius 3 is 2.79 bits per heavy atom. The van der Waals surface area contributed by atoms with E-state index < -0.39 is 0 Å². The second-order valence-electron chi connectivity index (χ2n) is 5.10. The lowest BCUT2D eigenvalue weighted by atomic mass is 10.0. The van der Waals surface area contributed by atoms with E-state index in [-0.39, 0.29) is 11.7 Å². The van der Waals surface area contributed by atoms with Crippen LogP contribution in [0.2, 0.25) is 0 Å². The molecule has 1 saturated heterocycles. The molecule has 0 radical (unpaired) electrons. The summed E-state index contributed by atoms with van der Waals surface area (Å²) >= 11 is 0. The lowest BCUT2D eigenvalue weighted by Gasteiger charge is -2.18. The fourth-order valence-corrected chi connectivity index (χ4v) is 2.18. The zero-order valence-electron chi connectivity index (χ0n) is 11.5. The number of hydrogen-bond donors (Lipinski definition) is 1. The number of aryl methyl sites for hydroxylation is 2. The molecular formula is C15H20N2O2. The molecule has 1 amide bonds. The summed E-state index contributed by atoms with van der Waals surface area (Å²) in [6.07, 6.45) is 0.472. The summed E-state index contributed by atoms with van der Waals surface area (Å²) in [5.74, 6) is 0.193. The van der Waals surface area contributed by atoms with Crippen LogP contribution in [0.5, 0.6) is 0 Å². The summed E-state index contributed by atoms with van der Waals surface area (Å²) in [7, 11) is 0. The van der Waals surface area contributed by atoms with Gasteiger partial charge in [0.2, 0.25) is 5.91 Å². The lowest BCUT2D eigenvalue weighted by Crippen LogP contribution is -2.33. The van der Waals surface area contributed by atoms with Crippen LogP contribution in [0, 0.1) is 13.8 Å². The molecule has 1 N–H and O–H groups in total. The number of carbonyl (C=O) groups excluding carboxylic acids is 2. The van der Waals surface area contributed by atoms with Crippen LogP contribution in [0.1, 0.15) is 27.9 Å². The predicted octanol–water partition coefficient (Wildman–Crippen LogP) is 1.31. The van der Waals surface area contributed by atoms with Gasteiger partial charge in [-0.1, -0.05) is 12.1 Å². The van der Waals surface area contributed by atoms with E-state index in [0.29, 0.717) is 26.1 Å². The van der Waals surface area contributed by atoms with Crippen LogP contribution in [0.4, 0.5) is 0 Å². The molecule has 4 heteroatoms. The summed E-state index contributed by atoms with van der Waals surface area (Å²) in [5.41, 5.74) is 3.09. The van der Waals surface area contributed by atoms with Crippen LogP contribution in [-0.2, 0) is 4.79 Å². The van der Waals surface area contributed by atoms with Crippen molar-refractivity contribution in [1.29, 1.82) is 0 Å². The number of benzene rings is 1. The molecule has 1 aliphatic rings. The van der Waals surface area contributed by atoms with Crippen molar-refractivity contribution in [2.45, 2.75) is 20.3 Å². The van der Waals surface area contributed by atoms with Gasteiger partial charge in [-0.15, -0.1) is 0 Å². The monoisotopic (exact) mass is 260 g/mol. The third kappa shape index (κ3) is 3.64. The van der Waals surface area contributed by atoms with Crippen LogP contribution in [-0.4, -0.2) is 42.8 Å². The van der Waals surface area contributed by atoms with Crippen LogP contribution in [0.3, 0.4) is 0 Å². The van der Waals surface area contributed by atoms with E-state index in [2.05, 4.69) is 5.32 Å². The van der Waals surface area contributed by atoms with Crippen molar-refractivity contribution in [3.63, 3.8) is 0 Å². The normalized spacial score (nSPS) is 16.8. The topological polar surface area (TPSA) is 49.4 Å². The molecule has 1 heterocycles. The smallest absolute Gasteiger partial charge is 0.221 e. The van der Waals surface area contributed by atoms with E-state index in [1.54, 1.807) is 0 Å². The fraction of sp³-hybridized carbons (Fsp3) is 0.467. The number of ketones is 1. The quantitative estimate of drug-likeness (QED) is 0.834. The summed E-state index contributed by atoms with van der Waals surface area (Å²) in [6, 6.07) is 5.81. The number of hydrogen-bond acceptors (Lipinski definition) is 3. The second-order valence-corrected chi connectivity index (χ2v) is 5.10. The number of rotatable bonds is 3. The molecular weight excluding hydrogens is 240 g/mol. The number of amides is 1. The van der Waals surface area contributed by atoms with Gasteiger partial charge in [-0.05, 0) is 31.0 Å². The summed E-state index contributed by atoms with van der Waals surface area (Å²) in [5, 5.41) is 2.81. The third-order valence-electron chi connectivity index (χ3n) is 3.60. The largest absolute Gasteiger partial charge is 0.355 e. The summed E-state index contributed by atoms with van der Waals surface area (Å²) < 4.78 is 0. The van der Waals surface area contributed by atoms with Crippen LogP contribution in [0.25, 0.3) is 0 Å². The number of nitrogens with zero attached hydrogens (tertiary/aromatic N) is 1. The molecule has 1 aromatic carbocycles. The highest BCUT2D eigenvalue weighted by Gasteiger charge is 2.17. The Labute approximate surface area is 113 Å². The maximum Gasteiger partial charge on any atom is 0.221 e. The molecule has 0 atom stereocenters. The average Bonchev–Trinajstić information content (AvgIpc) is 2.58. The molecule has 4 nitrogen and oxygen atoms in total. The molecule has 0 bridgehead atoms. The molecule has 0 saturated carbocycles. The van der Waals surface area contributed by atoms with Crippen molar-refractivity contribution in [3.8, 4) is 0 Å². The van der Waals surface area contributed by atoms with Crippen molar-refractivity contribution in [3.05, 3.63) is 34.9 Å². The first-order chi connectivity index (χ1) is 9.06. The fourth-order valence-electron chi connectivity index (χ4n) is 2.18. The van der Waals surface area contributed by atoms with E-state index >= 15 is 0 Å². The van der Waals surface area contributed by atoms with Crippen molar-refractivity contribution in [2.24, 2.45) is 0 Å². The van der Waals surface area contributed by atoms with Gasteiger partial charge in [0.15, 0.2) is 5.78 Å². The van der Waals surface area contributed by atoms with E-state index in [1.165, 1.54) is 5.56 Å². The van der Waals surface area contributed by atoms with Gasteiger partial charge in [0.1, 0.15) is 0 Å². The predicted molar refractivity (Wildman–Crippen MR) is 74.3 cm³/mol. The number of Topliss-reactive ketones (excluding diaryl/α,β-unsaturated/α-hetero) is 1. The molecule has 0 spiro atoms. The number of nitrogens with one attached hydrogen (secondary N) is 1. The summed E-state index contributed by atoms with van der Waals surface area (Å²) in [4.78, 5) is 25.5. The zero-order chi connectivity index (χ0) is 13.8. The molecule has 1 fully saturated rings. The third-order valence-corrected chi connectivity index (χ3v) is 3.60. The average molecular weight is 260 g/mol. The zero-order valence-corrected chi connectivity index (χ0v) is 11.5. The minimum Gasteiger partial charge on any atom is -0.355 e. The van der Waals surface area contributed by atoms with Gasteiger partial charge in [-0.2, -0.15) is 0 Å². The van der Waals surface area contributed by atoms with Gasteiger partial charge in [0, 0.05) is 31.6 Å². The van der Waals surface area contributed by atoms with E-state index in [4.69, 9.17) is 0 Å². The Bertz CT molecular complexity index is 497. The van der Waals surface area contributed by atoms with Gasteiger partial charge in [-0.25, -0.2) is 0 Å². The SMILES string of the molecule is Cc1ccc(C(=O)CN2CCNC(=O)CC2)cc1C. The molecule has 1 aliphatic heterocycles. The molecule has 0 unspecified atom stereocenters. The Balaban J connectivity index is 2.00. The van der Waals surface area contributed by atoms with E-state index in [1.807, 2.05) is 36.9 Å². The minimum absolute atomic E-state index is 0.0705. The van der Waals surface area contributed by atoms with Gasteiger partial charge < -0.3 is 5.32 Å². The summed E-state index contributed by atoms with van der Waals surface area (Å²) in [6.45, 7) is 6.46. The molecule has 0 aliphatic carbocycles. The first kappa shape index (κ1) is 13.7. The Morgan fingerprint density at radius 2 is 2.05 bits per heavy atom. The Hall–Kier alpha value is -1.68. The Morgan fingerprint density at radius 1 is 1.26 bits per heavy atom. The highest BCUT2D eigenvalue weighted by Crippen LogP contribution is 2.11. The van der Waals surface area contributed by atoms with Crippen LogP contribution >= 0.6 is 0 Å².